The number of nitrogens with two attached hydrogens (primary N) is 1. The zero-order valence-electron chi connectivity index (χ0n) is 14.7. The molecule has 6 heteroatoms. The summed E-state index contributed by atoms with van der Waals surface area (Å²) in [7, 11) is 0. The van der Waals surface area contributed by atoms with Crippen molar-refractivity contribution in [2.24, 2.45) is 5.73 Å². The van der Waals surface area contributed by atoms with Gasteiger partial charge >= 0.3 is 0 Å². The molecular formula is C20H21N3O2S. The number of benzene rings is 1. The van der Waals surface area contributed by atoms with Crippen LogP contribution in [-0.2, 0) is 24.2 Å². The van der Waals surface area contributed by atoms with Gasteiger partial charge in [0.15, 0.2) is 0 Å². The van der Waals surface area contributed by atoms with E-state index in [1.165, 1.54) is 10.4 Å². The summed E-state index contributed by atoms with van der Waals surface area (Å²) in [6.45, 7) is 2.47. The van der Waals surface area contributed by atoms with E-state index in [0.29, 0.717) is 18.8 Å². The summed E-state index contributed by atoms with van der Waals surface area (Å²) in [6, 6.07) is 8.03. The zero-order chi connectivity index (χ0) is 18.3. The monoisotopic (exact) mass is 367 g/mol. The maximum atomic E-state index is 13.3. The van der Waals surface area contributed by atoms with Crippen LogP contribution in [0.15, 0.2) is 29.1 Å². The number of hydrogen-bond acceptors (Lipinski definition) is 4. The van der Waals surface area contributed by atoms with Gasteiger partial charge in [-0.3, -0.25) is 14.2 Å². The molecule has 0 saturated heterocycles. The fourth-order valence-electron chi connectivity index (χ4n) is 3.62. The Labute approximate surface area is 155 Å². The topological polar surface area (TPSA) is 78.0 Å². The van der Waals surface area contributed by atoms with E-state index in [9.17, 15) is 9.59 Å². The molecule has 0 unspecified atom stereocenters. The average molecular weight is 367 g/mol. The molecule has 2 aromatic heterocycles. The van der Waals surface area contributed by atoms with Crippen molar-refractivity contribution in [3.63, 3.8) is 0 Å². The Morgan fingerprint density at radius 3 is 2.77 bits per heavy atom. The van der Waals surface area contributed by atoms with E-state index < -0.39 is 0 Å². The van der Waals surface area contributed by atoms with Crippen molar-refractivity contribution in [2.45, 2.75) is 45.6 Å². The van der Waals surface area contributed by atoms with Crippen LogP contribution in [0.25, 0.3) is 21.6 Å². The van der Waals surface area contributed by atoms with E-state index in [2.05, 4.69) is 0 Å². The van der Waals surface area contributed by atoms with Gasteiger partial charge in [-0.1, -0.05) is 29.8 Å². The van der Waals surface area contributed by atoms with E-state index >= 15 is 0 Å². The van der Waals surface area contributed by atoms with Gasteiger partial charge in [0, 0.05) is 23.4 Å². The van der Waals surface area contributed by atoms with E-state index in [1.807, 2.05) is 31.2 Å². The molecule has 0 aliphatic heterocycles. The summed E-state index contributed by atoms with van der Waals surface area (Å²) in [5.74, 6) is 0.326. The Morgan fingerprint density at radius 1 is 1.27 bits per heavy atom. The summed E-state index contributed by atoms with van der Waals surface area (Å²) in [5, 5.41) is 0.775. The van der Waals surface area contributed by atoms with Crippen molar-refractivity contribution < 1.29 is 4.79 Å². The number of aryl methyl sites for hydroxylation is 3. The van der Waals surface area contributed by atoms with Crippen LogP contribution in [0.3, 0.4) is 0 Å². The highest BCUT2D eigenvalue weighted by molar-refractivity contribution is 7.18. The Kier molecular flexibility index (Phi) is 4.36. The van der Waals surface area contributed by atoms with Crippen molar-refractivity contribution in [1.82, 2.24) is 9.55 Å². The molecule has 2 heterocycles. The Hall–Kier alpha value is -2.47. The number of rotatable bonds is 5. The highest BCUT2D eigenvalue weighted by atomic mass is 32.1. The fraction of sp³-hybridized carbons (Fsp3) is 0.350. The molecule has 4 rings (SSSR count). The average Bonchev–Trinajstić information content (AvgIpc) is 3.17. The summed E-state index contributed by atoms with van der Waals surface area (Å²) >= 11 is 1.65. The van der Waals surface area contributed by atoms with Gasteiger partial charge in [-0.25, -0.2) is 4.98 Å². The molecule has 1 aliphatic rings. The number of carbonyl (C=O) groups is 1. The predicted octanol–water partition coefficient (Wildman–Crippen LogP) is 3.19. The molecule has 1 amide bonds. The fourth-order valence-corrected chi connectivity index (χ4v) is 4.87. The highest BCUT2D eigenvalue weighted by Gasteiger charge is 2.23. The summed E-state index contributed by atoms with van der Waals surface area (Å²) in [6.07, 6.45) is 3.90. The molecule has 2 N–H and O–H groups in total. The lowest BCUT2D eigenvalue weighted by Crippen LogP contribution is -2.24. The zero-order valence-corrected chi connectivity index (χ0v) is 15.6. The maximum Gasteiger partial charge on any atom is 0.262 e. The van der Waals surface area contributed by atoms with Crippen LogP contribution in [0.1, 0.15) is 35.3 Å². The Morgan fingerprint density at radius 2 is 2.04 bits per heavy atom. The highest BCUT2D eigenvalue weighted by Crippen LogP contribution is 2.35. The van der Waals surface area contributed by atoms with Gasteiger partial charge in [0.25, 0.3) is 5.56 Å². The van der Waals surface area contributed by atoms with Crippen LogP contribution in [0.2, 0.25) is 0 Å². The first-order valence-corrected chi connectivity index (χ1v) is 9.76. The smallest absolute Gasteiger partial charge is 0.262 e. The second-order valence-electron chi connectivity index (χ2n) is 6.87. The molecule has 26 heavy (non-hydrogen) atoms. The summed E-state index contributed by atoms with van der Waals surface area (Å²) in [4.78, 5) is 31.4. The molecule has 134 valence electrons. The third kappa shape index (κ3) is 2.94. The van der Waals surface area contributed by atoms with Crippen molar-refractivity contribution >= 4 is 27.5 Å². The van der Waals surface area contributed by atoms with E-state index in [-0.39, 0.29) is 17.9 Å². The minimum Gasteiger partial charge on any atom is -0.370 e. The molecular weight excluding hydrogens is 346 g/mol. The van der Waals surface area contributed by atoms with Gasteiger partial charge in [0.1, 0.15) is 10.7 Å². The number of amides is 1. The largest absolute Gasteiger partial charge is 0.370 e. The van der Waals surface area contributed by atoms with Gasteiger partial charge < -0.3 is 5.73 Å². The lowest BCUT2D eigenvalue weighted by atomic mass is 10.1. The summed E-state index contributed by atoms with van der Waals surface area (Å²) < 4.78 is 1.72. The van der Waals surface area contributed by atoms with Crippen LogP contribution >= 0.6 is 11.3 Å². The molecule has 0 spiro atoms. The normalized spacial score (nSPS) is 13.3. The molecule has 0 fully saturated rings. The van der Waals surface area contributed by atoms with Crippen LogP contribution < -0.4 is 11.3 Å². The molecule has 0 bridgehead atoms. The molecule has 1 aliphatic carbocycles. The number of nitrogens with zero attached hydrogens (tertiary/aromatic N) is 2. The molecule has 0 saturated carbocycles. The van der Waals surface area contributed by atoms with Gasteiger partial charge in [-0.15, -0.1) is 11.3 Å². The van der Waals surface area contributed by atoms with Gasteiger partial charge in [0.2, 0.25) is 5.91 Å². The number of aromatic nitrogens is 2. The maximum absolute atomic E-state index is 13.3. The molecule has 0 radical (unpaired) electrons. The van der Waals surface area contributed by atoms with Crippen LogP contribution in [0.5, 0.6) is 0 Å². The second kappa shape index (κ2) is 6.68. The first-order chi connectivity index (χ1) is 12.5. The minimum absolute atomic E-state index is 0.00875. The SMILES string of the molecule is Cc1ccc(-c2nc3sc4c(c3c(=O)n2CCCC(N)=O)CCC4)cc1. The minimum atomic E-state index is -0.347. The Bertz CT molecular complexity index is 1050. The van der Waals surface area contributed by atoms with E-state index in [1.54, 1.807) is 15.9 Å². The number of thiophene rings is 1. The van der Waals surface area contributed by atoms with Crippen LogP contribution in [0, 0.1) is 6.92 Å². The first-order valence-electron chi connectivity index (χ1n) is 8.95. The predicted molar refractivity (Wildman–Crippen MR) is 105 cm³/mol. The van der Waals surface area contributed by atoms with Crippen molar-refractivity contribution in [1.29, 1.82) is 0 Å². The number of fused-ring (bicyclic) bond motifs is 3. The molecule has 5 nitrogen and oxygen atoms in total. The standard InChI is InChI=1S/C20H21N3O2S/c1-12-7-9-13(10-8-12)18-22-19-17(14-4-2-5-15(14)26-19)20(25)23(18)11-3-6-16(21)24/h7-10H,2-6,11H2,1H3,(H2,21,24). The molecule has 1 aromatic carbocycles. The number of primary amides is 1. The number of carbonyl (C=O) groups excluding carboxylic acids is 1. The van der Waals surface area contributed by atoms with Crippen molar-refractivity contribution in [2.75, 3.05) is 0 Å². The lowest BCUT2D eigenvalue weighted by molar-refractivity contribution is -0.118. The third-order valence-electron chi connectivity index (χ3n) is 4.94. The van der Waals surface area contributed by atoms with Crippen LogP contribution in [-0.4, -0.2) is 15.5 Å². The molecule has 3 aromatic rings. The quantitative estimate of drug-likeness (QED) is 0.752. The van der Waals surface area contributed by atoms with E-state index in [0.717, 1.165) is 40.6 Å². The van der Waals surface area contributed by atoms with Crippen LogP contribution in [0.4, 0.5) is 0 Å². The Balaban J connectivity index is 1.89. The van der Waals surface area contributed by atoms with E-state index in [4.69, 9.17) is 10.7 Å². The number of hydrogen-bond donors (Lipinski definition) is 1. The van der Waals surface area contributed by atoms with Crippen molar-refractivity contribution in [3.8, 4) is 11.4 Å². The second-order valence-corrected chi connectivity index (χ2v) is 7.95. The first kappa shape index (κ1) is 17.0. The third-order valence-corrected chi connectivity index (χ3v) is 6.13. The van der Waals surface area contributed by atoms with Crippen molar-refractivity contribution in [3.05, 3.63) is 50.6 Å². The lowest BCUT2D eigenvalue weighted by Gasteiger charge is -2.13. The molecule has 0 atom stereocenters. The van der Waals surface area contributed by atoms with Gasteiger partial charge in [-0.05, 0) is 38.2 Å². The van der Waals surface area contributed by atoms with Gasteiger partial charge in [-0.2, -0.15) is 0 Å². The summed E-state index contributed by atoms with van der Waals surface area (Å²) in [5.41, 5.74) is 8.54. The van der Waals surface area contributed by atoms with Gasteiger partial charge in [0.05, 0.1) is 5.39 Å².